The smallest absolute Gasteiger partial charge is 0.263 e. The second-order valence-electron chi connectivity index (χ2n) is 8.50. The molecule has 7 heteroatoms. The first-order chi connectivity index (χ1) is 16.5. The highest BCUT2D eigenvalue weighted by atomic mass is 16.2. The van der Waals surface area contributed by atoms with E-state index in [0.717, 1.165) is 16.8 Å². The molecule has 2 heterocycles. The van der Waals surface area contributed by atoms with Crippen LogP contribution >= 0.6 is 0 Å². The lowest BCUT2D eigenvalue weighted by Gasteiger charge is -2.15. The highest BCUT2D eigenvalue weighted by Crippen LogP contribution is 2.31. The molecule has 0 bridgehead atoms. The van der Waals surface area contributed by atoms with Gasteiger partial charge in [0.05, 0.1) is 30.4 Å². The standard InChI is InChI=1S/C27H24N6O/c1-19-8-14-23(15-9-19)25-24(22-6-4-3-5-7-22)18-32(29-25)26-30-33(27(34)31(26)2)17-21-12-10-20(16-28)11-13-21/h3-15,24H,17-18H2,1-2H3. The van der Waals surface area contributed by atoms with E-state index in [1.54, 1.807) is 19.2 Å². The van der Waals surface area contributed by atoms with Crippen molar-refractivity contribution in [1.29, 1.82) is 5.26 Å². The molecule has 34 heavy (non-hydrogen) atoms. The van der Waals surface area contributed by atoms with Gasteiger partial charge in [0.25, 0.3) is 0 Å². The summed E-state index contributed by atoms with van der Waals surface area (Å²) in [5.41, 5.74) is 5.66. The summed E-state index contributed by atoms with van der Waals surface area (Å²) in [6.07, 6.45) is 0. The molecule has 0 fully saturated rings. The topological polar surface area (TPSA) is 79.2 Å². The number of rotatable bonds is 5. The molecule has 0 amide bonds. The van der Waals surface area contributed by atoms with Crippen molar-refractivity contribution in [3.05, 3.63) is 117 Å². The Labute approximate surface area is 197 Å². The van der Waals surface area contributed by atoms with Crippen molar-refractivity contribution in [2.24, 2.45) is 12.1 Å². The van der Waals surface area contributed by atoms with E-state index >= 15 is 0 Å². The van der Waals surface area contributed by atoms with Crippen LogP contribution in [0.25, 0.3) is 0 Å². The summed E-state index contributed by atoms with van der Waals surface area (Å²) < 4.78 is 2.97. The zero-order valence-corrected chi connectivity index (χ0v) is 19.1. The van der Waals surface area contributed by atoms with Crippen molar-refractivity contribution in [2.45, 2.75) is 19.4 Å². The molecule has 0 spiro atoms. The van der Waals surface area contributed by atoms with E-state index in [-0.39, 0.29) is 11.6 Å². The van der Waals surface area contributed by atoms with Crippen LogP contribution in [0.2, 0.25) is 0 Å². The van der Waals surface area contributed by atoms with Crippen LogP contribution in [-0.2, 0) is 13.6 Å². The van der Waals surface area contributed by atoms with Gasteiger partial charge in [-0.3, -0.25) is 4.57 Å². The van der Waals surface area contributed by atoms with Gasteiger partial charge >= 0.3 is 5.69 Å². The predicted molar refractivity (Wildman–Crippen MR) is 132 cm³/mol. The van der Waals surface area contributed by atoms with E-state index in [4.69, 9.17) is 10.4 Å². The van der Waals surface area contributed by atoms with Gasteiger partial charge in [-0.25, -0.2) is 14.5 Å². The summed E-state index contributed by atoms with van der Waals surface area (Å²) in [7, 11) is 1.72. The van der Waals surface area contributed by atoms with Gasteiger partial charge in [-0.05, 0) is 35.7 Å². The molecule has 7 nitrogen and oxygen atoms in total. The first-order valence-electron chi connectivity index (χ1n) is 11.1. The van der Waals surface area contributed by atoms with Crippen LogP contribution in [0.1, 0.15) is 33.7 Å². The molecule has 3 aromatic carbocycles. The highest BCUT2D eigenvalue weighted by Gasteiger charge is 2.32. The first-order valence-corrected chi connectivity index (χ1v) is 11.1. The van der Waals surface area contributed by atoms with Gasteiger partial charge in [-0.15, -0.1) is 5.10 Å². The van der Waals surface area contributed by atoms with Crippen LogP contribution in [0.15, 0.2) is 88.8 Å². The lowest BCUT2D eigenvalue weighted by molar-refractivity contribution is 0.646. The van der Waals surface area contributed by atoms with Crippen LogP contribution in [-0.4, -0.2) is 26.6 Å². The van der Waals surface area contributed by atoms with E-state index < -0.39 is 0 Å². The fourth-order valence-corrected chi connectivity index (χ4v) is 4.22. The monoisotopic (exact) mass is 448 g/mol. The van der Waals surface area contributed by atoms with E-state index in [2.05, 4.69) is 54.5 Å². The highest BCUT2D eigenvalue weighted by molar-refractivity contribution is 6.07. The SMILES string of the molecule is Cc1ccc(C2=NN(c3nn(Cc4ccc(C#N)cc4)c(=O)n3C)CC2c2ccccc2)cc1. The maximum Gasteiger partial charge on any atom is 0.347 e. The third kappa shape index (κ3) is 4.02. The van der Waals surface area contributed by atoms with Gasteiger partial charge in [0.2, 0.25) is 5.95 Å². The molecule has 0 radical (unpaired) electrons. The van der Waals surface area contributed by atoms with E-state index in [1.807, 2.05) is 35.3 Å². The summed E-state index contributed by atoms with van der Waals surface area (Å²) in [6, 6.07) is 27.9. The first kappa shape index (κ1) is 21.4. The summed E-state index contributed by atoms with van der Waals surface area (Å²) >= 11 is 0. The average Bonchev–Trinajstić information content (AvgIpc) is 3.43. The van der Waals surface area contributed by atoms with Crippen LogP contribution in [0, 0.1) is 18.3 Å². The second-order valence-corrected chi connectivity index (χ2v) is 8.50. The quantitative estimate of drug-likeness (QED) is 0.465. The zero-order chi connectivity index (χ0) is 23.7. The lowest BCUT2D eigenvalue weighted by Crippen LogP contribution is -2.25. The van der Waals surface area contributed by atoms with Crippen LogP contribution in [0.4, 0.5) is 5.95 Å². The molecule has 168 valence electrons. The minimum Gasteiger partial charge on any atom is -0.263 e. The van der Waals surface area contributed by atoms with Gasteiger partial charge < -0.3 is 0 Å². The van der Waals surface area contributed by atoms with Crippen molar-refractivity contribution >= 4 is 11.7 Å². The van der Waals surface area contributed by atoms with E-state index in [9.17, 15) is 4.79 Å². The number of benzene rings is 3. The number of aryl methyl sites for hydroxylation is 1. The Balaban J connectivity index is 1.50. The maximum absolute atomic E-state index is 13.0. The van der Waals surface area contributed by atoms with Crippen molar-refractivity contribution in [2.75, 3.05) is 11.6 Å². The number of aromatic nitrogens is 3. The molecular weight excluding hydrogens is 424 g/mol. The van der Waals surface area contributed by atoms with Crippen LogP contribution in [0.3, 0.4) is 0 Å². The molecule has 0 N–H and O–H groups in total. The third-order valence-corrected chi connectivity index (χ3v) is 6.13. The largest absolute Gasteiger partial charge is 0.347 e. The summed E-state index contributed by atoms with van der Waals surface area (Å²) in [5.74, 6) is 0.560. The third-order valence-electron chi connectivity index (χ3n) is 6.13. The van der Waals surface area contributed by atoms with Gasteiger partial charge in [0, 0.05) is 13.0 Å². The van der Waals surface area contributed by atoms with Crippen molar-refractivity contribution < 1.29 is 0 Å². The Morgan fingerprint density at radius 3 is 2.38 bits per heavy atom. The Morgan fingerprint density at radius 1 is 1.00 bits per heavy atom. The van der Waals surface area contributed by atoms with Crippen molar-refractivity contribution in [1.82, 2.24) is 14.3 Å². The van der Waals surface area contributed by atoms with Gasteiger partial charge in [-0.1, -0.05) is 72.3 Å². The predicted octanol–water partition coefficient (Wildman–Crippen LogP) is 3.82. The molecule has 1 unspecified atom stereocenters. The molecule has 0 saturated carbocycles. The number of hydrogen-bond donors (Lipinski definition) is 0. The maximum atomic E-state index is 13.0. The fourth-order valence-electron chi connectivity index (χ4n) is 4.22. The Bertz CT molecular complexity index is 1440. The summed E-state index contributed by atoms with van der Waals surface area (Å²) in [4.78, 5) is 13.0. The Hall–Kier alpha value is -4.44. The van der Waals surface area contributed by atoms with E-state index in [1.165, 1.54) is 20.4 Å². The number of nitrogens with zero attached hydrogens (tertiary/aromatic N) is 6. The Morgan fingerprint density at radius 2 is 1.71 bits per heavy atom. The summed E-state index contributed by atoms with van der Waals surface area (Å²) in [6.45, 7) is 2.98. The van der Waals surface area contributed by atoms with Gasteiger partial charge in [0.15, 0.2) is 0 Å². The molecule has 1 atom stereocenters. The van der Waals surface area contributed by atoms with Gasteiger partial charge in [-0.2, -0.15) is 10.4 Å². The average molecular weight is 449 g/mol. The van der Waals surface area contributed by atoms with Gasteiger partial charge in [0.1, 0.15) is 0 Å². The minimum absolute atomic E-state index is 0.0580. The number of hydrogen-bond acceptors (Lipinski definition) is 5. The van der Waals surface area contributed by atoms with Crippen LogP contribution < -0.4 is 10.7 Å². The van der Waals surface area contributed by atoms with E-state index in [0.29, 0.717) is 24.6 Å². The normalized spacial score (nSPS) is 15.3. The molecule has 1 aliphatic rings. The Kier molecular flexibility index (Phi) is 5.56. The molecule has 5 rings (SSSR count). The molecule has 0 saturated heterocycles. The zero-order valence-electron chi connectivity index (χ0n) is 19.1. The fraction of sp³-hybridized carbons (Fsp3) is 0.185. The summed E-state index contributed by atoms with van der Waals surface area (Å²) in [5, 5.41) is 20.4. The van der Waals surface area contributed by atoms with Crippen molar-refractivity contribution in [3.63, 3.8) is 0 Å². The molecule has 4 aromatic rings. The second kappa shape index (κ2) is 8.83. The number of hydrazone groups is 1. The molecule has 1 aromatic heterocycles. The minimum atomic E-state index is -0.213. The van der Waals surface area contributed by atoms with Crippen LogP contribution in [0.5, 0.6) is 0 Å². The molecule has 0 aliphatic carbocycles. The lowest BCUT2D eigenvalue weighted by atomic mass is 9.90. The molecule has 1 aliphatic heterocycles. The number of nitriles is 1. The number of anilines is 1. The molecular formula is C27H24N6O. The van der Waals surface area contributed by atoms with Crippen molar-refractivity contribution in [3.8, 4) is 6.07 Å².